The molecule has 1 amide bonds. The molecule has 0 radical (unpaired) electrons. The van der Waals surface area contributed by atoms with Crippen molar-refractivity contribution in [3.05, 3.63) is 33.8 Å². The van der Waals surface area contributed by atoms with Crippen LogP contribution < -0.4 is 5.32 Å². The number of rotatable bonds is 5. The second-order valence-electron chi connectivity index (χ2n) is 4.37. The van der Waals surface area contributed by atoms with Gasteiger partial charge in [0.2, 0.25) is 5.91 Å². The van der Waals surface area contributed by atoms with E-state index in [4.69, 9.17) is 28.5 Å². The zero-order valence-corrected chi connectivity index (χ0v) is 12.5. The fourth-order valence-corrected chi connectivity index (χ4v) is 2.08. The number of carbonyl (C=O) groups is 1. The number of amides is 1. The number of hydrogen-bond donors (Lipinski definition) is 1. The first-order valence-corrected chi connectivity index (χ1v) is 6.88. The molecule has 0 heterocycles. The first kappa shape index (κ1) is 15.8. The van der Waals surface area contributed by atoms with Gasteiger partial charge in [0.1, 0.15) is 5.54 Å². The highest BCUT2D eigenvalue weighted by molar-refractivity contribution is 6.42. The largest absolute Gasteiger partial charge is 0.338 e. The predicted molar refractivity (Wildman–Crippen MR) is 77.2 cm³/mol. The Morgan fingerprint density at radius 2 is 1.95 bits per heavy atom. The van der Waals surface area contributed by atoms with Gasteiger partial charge in [0.05, 0.1) is 22.5 Å². The Kier molecular flexibility index (Phi) is 5.65. The Morgan fingerprint density at radius 1 is 1.32 bits per heavy atom. The van der Waals surface area contributed by atoms with Crippen LogP contribution in [0.2, 0.25) is 10.0 Å². The van der Waals surface area contributed by atoms with E-state index in [1.54, 1.807) is 18.2 Å². The fraction of sp³-hybridized carbons (Fsp3) is 0.429. The minimum Gasteiger partial charge on any atom is -0.338 e. The van der Waals surface area contributed by atoms with Gasteiger partial charge in [0, 0.05) is 0 Å². The van der Waals surface area contributed by atoms with E-state index >= 15 is 0 Å². The van der Waals surface area contributed by atoms with Gasteiger partial charge in [0.15, 0.2) is 0 Å². The minimum absolute atomic E-state index is 0.181. The molecule has 102 valence electrons. The monoisotopic (exact) mass is 298 g/mol. The van der Waals surface area contributed by atoms with Gasteiger partial charge in [-0.1, -0.05) is 43.1 Å². The summed E-state index contributed by atoms with van der Waals surface area (Å²) in [5, 5.41) is 12.8. The van der Waals surface area contributed by atoms with Crippen LogP contribution in [-0.2, 0) is 11.2 Å². The van der Waals surface area contributed by atoms with Crippen molar-refractivity contribution in [2.45, 2.75) is 38.6 Å². The molecule has 1 rings (SSSR count). The maximum atomic E-state index is 12.0. The molecule has 0 aromatic heterocycles. The lowest BCUT2D eigenvalue weighted by Gasteiger charge is -2.24. The van der Waals surface area contributed by atoms with Crippen LogP contribution in [0.5, 0.6) is 0 Å². The lowest BCUT2D eigenvalue weighted by atomic mass is 9.94. The number of hydrogen-bond acceptors (Lipinski definition) is 2. The molecule has 0 atom stereocenters. The van der Waals surface area contributed by atoms with E-state index in [1.165, 1.54) is 0 Å². The number of halogens is 2. The van der Waals surface area contributed by atoms with Crippen molar-refractivity contribution in [1.29, 1.82) is 5.26 Å². The highest BCUT2D eigenvalue weighted by Gasteiger charge is 2.27. The molecule has 0 aliphatic carbocycles. The molecule has 1 aromatic carbocycles. The Bertz CT molecular complexity index is 505. The summed E-state index contributed by atoms with van der Waals surface area (Å²) in [4.78, 5) is 12.0. The third kappa shape index (κ3) is 4.12. The second-order valence-corrected chi connectivity index (χ2v) is 5.19. The molecule has 5 heteroatoms. The summed E-state index contributed by atoms with van der Waals surface area (Å²) in [6, 6.07) is 7.24. The van der Waals surface area contributed by atoms with Crippen molar-refractivity contribution in [3.8, 4) is 6.07 Å². The summed E-state index contributed by atoms with van der Waals surface area (Å²) in [6.45, 7) is 3.76. The van der Waals surface area contributed by atoms with E-state index in [2.05, 4.69) is 11.4 Å². The number of benzene rings is 1. The molecule has 0 unspecified atom stereocenters. The quantitative estimate of drug-likeness (QED) is 0.900. The molecular weight excluding hydrogens is 283 g/mol. The lowest BCUT2D eigenvalue weighted by Crippen LogP contribution is -2.47. The average Bonchev–Trinajstić information content (AvgIpc) is 2.40. The molecule has 0 bridgehead atoms. The van der Waals surface area contributed by atoms with Crippen LogP contribution in [0.15, 0.2) is 18.2 Å². The van der Waals surface area contributed by atoms with Gasteiger partial charge < -0.3 is 5.32 Å². The zero-order valence-electron chi connectivity index (χ0n) is 11.0. The van der Waals surface area contributed by atoms with Crippen LogP contribution in [0, 0.1) is 11.3 Å². The van der Waals surface area contributed by atoms with Crippen molar-refractivity contribution < 1.29 is 4.79 Å². The summed E-state index contributed by atoms with van der Waals surface area (Å²) in [6.07, 6.45) is 1.33. The van der Waals surface area contributed by atoms with Crippen LogP contribution in [0.4, 0.5) is 0 Å². The Morgan fingerprint density at radius 3 is 2.42 bits per heavy atom. The normalized spacial score (nSPS) is 10.9. The molecule has 1 N–H and O–H groups in total. The second kappa shape index (κ2) is 6.79. The fourth-order valence-electron chi connectivity index (χ4n) is 1.76. The first-order valence-electron chi connectivity index (χ1n) is 6.12. The molecule has 0 aliphatic heterocycles. The molecule has 0 saturated carbocycles. The summed E-state index contributed by atoms with van der Waals surface area (Å²) in [7, 11) is 0. The summed E-state index contributed by atoms with van der Waals surface area (Å²) in [5.74, 6) is -0.191. The topological polar surface area (TPSA) is 52.9 Å². The van der Waals surface area contributed by atoms with Crippen LogP contribution in [0.3, 0.4) is 0 Å². The lowest BCUT2D eigenvalue weighted by molar-refractivity contribution is -0.121. The van der Waals surface area contributed by atoms with Gasteiger partial charge in [-0.05, 0) is 30.5 Å². The molecule has 0 fully saturated rings. The molecule has 0 aliphatic rings. The third-order valence-electron chi connectivity index (χ3n) is 3.15. The van der Waals surface area contributed by atoms with E-state index in [-0.39, 0.29) is 12.3 Å². The van der Waals surface area contributed by atoms with E-state index in [0.29, 0.717) is 22.9 Å². The molecule has 3 nitrogen and oxygen atoms in total. The van der Waals surface area contributed by atoms with Gasteiger partial charge in [-0.25, -0.2) is 0 Å². The average molecular weight is 299 g/mol. The van der Waals surface area contributed by atoms with Crippen LogP contribution in [0.25, 0.3) is 0 Å². The summed E-state index contributed by atoms with van der Waals surface area (Å²) < 4.78 is 0. The SMILES string of the molecule is CCC(C#N)(CC)NC(=O)Cc1ccc(Cl)c(Cl)c1. The molecule has 1 aromatic rings. The molecule has 19 heavy (non-hydrogen) atoms. The standard InChI is InChI=1S/C14H16Cl2N2O/c1-3-14(4-2,9-17)18-13(19)8-10-5-6-11(15)12(16)7-10/h5-7H,3-4,8H2,1-2H3,(H,18,19). The van der Waals surface area contributed by atoms with Crippen LogP contribution in [0.1, 0.15) is 32.3 Å². The van der Waals surface area contributed by atoms with Gasteiger partial charge >= 0.3 is 0 Å². The smallest absolute Gasteiger partial charge is 0.225 e. The van der Waals surface area contributed by atoms with Gasteiger partial charge in [-0.15, -0.1) is 0 Å². The zero-order chi connectivity index (χ0) is 14.5. The van der Waals surface area contributed by atoms with E-state index in [0.717, 1.165) is 5.56 Å². The Labute approximate surface area is 123 Å². The number of nitriles is 1. The maximum Gasteiger partial charge on any atom is 0.225 e. The maximum absolute atomic E-state index is 12.0. The first-order chi connectivity index (χ1) is 8.96. The van der Waals surface area contributed by atoms with E-state index in [9.17, 15) is 4.79 Å². The molecule has 0 spiro atoms. The van der Waals surface area contributed by atoms with Gasteiger partial charge in [-0.3, -0.25) is 4.79 Å². The number of nitrogens with one attached hydrogen (secondary N) is 1. The van der Waals surface area contributed by atoms with Crippen molar-refractivity contribution >= 4 is 29.1 Å². The Hall–Kier alpha value is -1.24. The summed E-state index contributed by atoms with van der Waals surface area (Å²) >= 11 is 11.7. The molecule has 0 saturated heterocycles. The highest BCUT2D eigenvalue weighted by Crippen LogP contribution is 2.23. The van der Waals surface area contributed by atoms with Gasteiger partial charge in [-0.2, -0.15) is 5.26 Å². The number of nitrogens with zero attached hydrogens (tertiary/aromatic N) is 1. The minimum atomic E-state index is -0.784. The number of carbonyl (C=O) groups excluding carboxylic acids is 1. The van der Waals surface area contributed by atoms with Crippen molar-refractivity contribution in [2.24, 2.45) is 0 Å². The van der Waals surface area contributed by atoms with E-state index in [1.807, 2.05) is 13.8 Å². The third-order valence-corrected chi connectivity index (χ3v) is 3.89. The molecular formula is C14H16Cl2N2O. The van der Waals surface area contributed by atoms with Crippen molar-refractivity contribution in [1.82, 2.24) is 5.32 Å². The predicted octanol–water partition coefficient (Wildman–Crippen LogP) is 3.73. The van der Waals surface area contributed by atoms with Crippen molar-refractivity contribution in [2.75, 3.05) is 0 Å². The van der Waals surface area contributed by atoms with Crippen LogP contribution >= 0.6 is 23.2 Å². The van der Waals surface area contributed by atoms with Gasteiger partial charge in [0.25, 0.3) is 0 Å². The van der Waals surface area contributed by atoms with Crippen LogP contribution in [-0.4, -0.2) is 11.4 Å². The Balaban J connectivity index is 2.75. The van der Waals surface area contributed by atoms with Crippen molar-refractivity contribution in [3.63, 3.8) is 0 Å². The van der Waals surface area contributed by atoms with E-state index < -0.39 is 5.54 Å². The summed E-state index contributed by atoms with van der Waals surface area (Å²) in [5.41, 5.74) is -0.0150. The highest BCUT2D eigenvalue weighted by atomic mass is 35.5.